The molecule has 21 heavy (non-hydrogen) atoms. The van der Waals surface area contributed by atoms with Crippen molar-refractivity contribution in [3.05, 3.63) is 41.7 Å². The predicted octanol–water partition coefficient (Wildman–Crippen LogP) is 1.24. The number of carbonyl (C=O) groups is 1. The Hall–Kier alpha value is -2.70. The number of hydrogen-bond donors (Lipinski definition) is 2. The van der Waals surface area contributed by atoms with E-state index in [1.165, 1.54) is 0 Å². The SMILES string of the molecule is CCNC(=O)c1ccc(NCc2ccnc(OC)c2)nn1. The molecule has 2 aromatic rings. The molecular formula is C14H17N5O2. The minimum absolute atomic E-state index is 0.226. The molecule has 0 atom stereocenters. The second-order valence-corrected chi connectivity index (χ2v) is 4.22. The van der Waals surface area contributed by atoms with Crippen molar-refractivity contribution in [2.45, 2.75) is 13.5 Å². The van der Waals surface area contributed by atoms with Crippen LogP contribution in [-0.2, 0) is 6.54 Å². The van der Waals surface area contributed by atoms with Gasteiger partial charge in [-0.25, -0.2) is 4.98 Å². The molecular weight excluding hydrogens is 270 g/mol. The van der Waals surface area contributed by atoms with Crippen LogP contribution in [0, 0.1) is 0 Å². The molecule has 2 rings (SSSR count). The Balaban J connectivity index is 1.95. The fraction of sp³-hybridized carbons (Fsp3) is 0.286. The van der Waals surface area contributed by atoms with E-state index in [-0.39, 0.29) is 5.91 Å². The van der Waals surface area contributed by atoms with Crippen LogP contribution in [0.1, 0.15) is 23.0 Å². The van der Waals surface area contributed by atoms with E-state index >= 15 is 0 Å². The minimum Gasteiger partial charge on any atom is -0.481 e. The van der Waals surface area contributed by atoms with Gasteiger partial charge in [-0.1, -0.05) is 0 Å². The summed E-state index contributed by atoms with van der Waals surface area (Å²) in [5.74, 6) is 0.932. The number of anilines is 1. The molecule has 0 saturated heterocycles. The van der Waals surface area contributed by atoms with Gasteiger partial charge in [0, 0.05) is 25.4 Å². The van der Waals surface area contributed by atoms with Crippen LogP contribution in [-0.4, -0.2) is 34.7 Å². The highest BCUT2D eigenvalue weighted by molar-refractivity contribution is 5.92. The molecule has 0 radical (unpaired) electrons. The molecule has 0 saturated carbocycles. The van der Waals surface area contributed by atoms with E-state index < -0.39 is 0 Å². The molecule has 2 aromatic heterocycles. The van der Waals surface area contributed by atoms with Crippen molar-refractivity contribution in [1.29, 1.82) is 0 Å². The molecule has 7 nitrogen and oxygen atoms in total. The van der Waals surface area contributed by atoms with E-state index in [2.05, 4.69) is 25.8 Å². The Morgan fingerprint density at radius 3 is 2.81 bits per heavy atom. The lowest BCUT2D eigenvalue weighted by molar-refractivity contribution is 0.0950. The Kier molecular flexibility index (Phi) is 5.03. The van der Waals surface area contributed by atoms with Crippen LogP contribution in [0.4, 0.5) is 5.82 Å². The number of carbonyl (C=O) groups excluding carboxylic acids is 1. The topological polar surface area (TPSA) is 89.0 Å². The lowest BCUT2D eigenvalue weighted by Gasteiger charge is -2.07. The Labute approximate surface area is 122 Å². The van der Waals surface area contributed by atoms with Gasteiger partial charge in [0.1, 0.15) is 5.82 Å². The second-order valence-electron chi connectivity index (χ2n) is 4.22. The summed E-state index contributed by atoms with van der Waals surface area (Å²) in [4.78, 5) is 15.6. The van der Waals surface area contributed by atoms with Crippen molar-refractivity contribution in [3.8, 4) is 5.88 Å². The van der Waals surface area contributed by atoms with Crippen LogP contribution in [0.3, 0.4) is 0 Å². The number of pyridine rings is 1. The van der Waals surface area contributed by atoms with Crippen molar-refractivity contribution in [2.24, 2.45) is 0 Å². The van der Waals surface area contributed by atoms with E-state index in [0.717, 1.165) is 5.56 Å². The molecule has 7 heteroatoms. The number of ether oxygens (including phenoxy) is 1. The van der Waals surface area contributed by atoms with Crippen molar-refractivity contribution in [2.75, 3.05) is 19.0 Å². The van der Waals surface area contributed by atoms with Gasteiger partial charge in [-0.3, -0.25) is 4.79 Å². The van der Waals surface area contributed by atoms with Crippen LogP contribution in [0.15, 0.2) is 30.5 Å². The van der Waals surface area contributed by atoms with Crippen LogP contribution in [0.5, 0.6) is 5.88 Å². The summed E-state index contributed by atoms with van der Waals surface area (Å²) in [6.07, 6.45) is 1.68. The number of methoxy groups -OCH3 is 1. The maximum absolute atomic E-state index is 11.6. The van der Waals surface area contributed by atoms with Crippen LogP contribution >= 0.6 is 0 Å². The van der Waals surface area contributed by atoms with Gasteiger partial charge in [0.2, 0.25) is 5.88 Å². The zero-order valence-electron chi connectivity index (χ0n) is 12.0. The number of aromatic nitrogens is 3. The number of nitrogens with zero attached hydrogens (tertiary/aromatic N) is 3. The highest BCUT2D eigenvalue weighted by Crippen LogP contribution is 2.10. The molecule has 110 valence electrons. The highest BCUT2D eigenvalue weighted by Gasteiger charge is 2.06. The number of hydrogen-bond acceptors (Lipinski definition) is 6. The fourth-order valence-corrected chi connectivity index (χ4v) is 1.66. The normalized spacial score (nSPS) is 10.0. The quantitative estimate of drug-likeness (QED) is 0.831. The van der Waals surface area contributed by atoms with Crippen LogP contribution in [0.25, 0.3) is 0 Å². The number of rotatable bonds is 6. The minimum atomic E-state index is -0.226. The molecule has 1 amide bonds. The van der Waals surface area contributed by atoms with Gasteiger partial charge in [-0.2, -0.15) is 0 Å². The third kappa shape index (κ3) is 4.13. The Morgan fingerprint density at radius 1 is 1.29 bits per heavy atom. The summed E-state index contributed by atoms with van der Waals surface area (Å²) in [6.45, 7) is 2.97. The monoisotopic (exact) mass is 287 g/mol. The molecule has 2 heterocycles. The van der Waals surface area contributed by atoms with Crippen molar-refractivity contribution in [3.63, 3.8) is 0 Å². The predicted molar refractivity (Wildman–Crippen MR) is 78.2 cm³/mol. The van der Waals surface area contributed by atoms with Crippen LogP contribution in [0.2, 0.25) is 0 Å². The molecule has 0 unspecified atom stereocenters. The summed E-state index contributed by atoms with van der Waals surface area (Å²) >= 11 is 0. The summed E-state index contributed by atoms with van der Waals surface area (Å²) in [7, 11) is 1.57. The van der Waals surface area contributed by atoms with E-state index in [4.69, 9.17) is 4.74 Å². The first kappa shape index (κ1) is 14.7. The third-order valence-corrected chi connectivity index (χ3v) is 2.72. The van der Waals surface area contributed by atoms with Gasteiger partial charge >= 0.3 is 0 Å². The van der Waals surface area contributed by atoms with Gasteiger partial charge in [0.05, 0.1) is 7.11 Å². The highest BCUT2D eigenvalue weighted by atomic mass is 16.5. The van der Waals surface area contributed by atoms with Crippen LogP contribution < -0.4 is 15.4 Å². The number of nitrogens with one attached hydrogen (secondary N) is 2. The second kappa shape index (κ2) is 7.18. The van der Waals surface area contributed by atoms with E-state index in [1.807, 2.05) is 19.1 Å². The smallest absolute Gasteiger partial charge is 0.271 e. The third-order valence-electron chi connectivity index (χ3n) is 2.72. The molecule has 0 fully saturated rings. The zero-order chi connectivity index (χ0) is 15.1. The summed E-state index contributed by atoms with van der Waals surface area (Å²) in [6, 6.07) is 7.07. The van der Waals surface area contributed by atoms with E-state index in [1.54, 1.807) is 25.4 Å². The Morgan fingerprint density at radius 2 is 2.14 bits per heavy atom. The molecule has 0 aromatic carbocycles. The number of amides is 1. The standard InChI is InChI=1S/C14H17N5O2/c1-3-15-14(20)11-4-5-12(19-18-11)17-9-10-6-7-16-13(8-10)21-2/h4-8H,3,9H2,1-2H3,(H,15,20)(H,17,19). The largest absolute Gasteiger partial charge is 0.481 e. The molecule has 0 aliphatic rings. The first-order valence-corrected chi connectivity index (χ1v) is 6.57. The van der Waals surface area contributed by atoms with Gasteiger partial charge in [-0.15, -0.1) is 10.2 Å². The van der Waals surface area contributed by atoms with E-state index in [9.17, 15) is 4.79 Å². The molecule has 2 N–H and O–H groups in total. The molecule has 0 aliphatic heterocycles. The van der Waals surface area contributed by atoms with Gasteiger partial charge in [0.15, 0.2) is 5.69 Å². The average Bonchev–Trinajstić information content (AvgIpc) is 2.54. The molecule has 0 spiro atoms. The average molecular weight is 287 g/mol. The summed E-state index contributed by atoms with van der Waals surface area (Å²) < 4.78 is 5.06. The lowest BCUT2D eigenvalue weighted by Crippen LogP contribution is -2.24. The lowest BCUT2D eigenvalue weighted by atomic mass is 10.2. The summed E-state index contributed by atoms with van der Waals surface area (Å²) in [5, 5.41) is 13.6. The maximum Gasteiger partial charge on any atom is 0.271 e. The first-order chi connectivity index (χ1) is 10.2. The Bertz CT molecular complexity index is 601. The van der Waals surface area contributed by atoms with Crippen molar-refractivity contribution >= 4 is 11.7 Å². The zero-order valence-corrected chi connectivity index (χ0v) is 12.0. The molecule has 0 bridgehead atoms. The van der Waals surface area contributed by atoms with Gasteiger partial charge in [0.25, 0.3) is 5.91 Å². The van der Waals surface area contributed by atoms with Gasteiger partial charge in [-0.05, 0) is 30.7 Å². The van der Waals surface area contributed by atoms with E-state index in [0.29, 0.717) is 30.5 Å². The fourth-order valence-electron chi connectivity index (χ4n) is 1.66. The van der Waals surface area contributed by atoms with Gasteiger partial charge < -0.3 is 15.4 Å². The first-order valence-electron chi connectivity index (χ1n) is 6.57. The molecule has 0 aliphatic carbocycles. The summed E-state index contributed by atoms with van der Waals surface area (Å²) in [5.41, 5.74) is 1.31. The maximum atomic E-state index is 11.6. The van der Waals surface area contributed by atoms with Crippen molar-refractivity contribution < 1.29 is 9.53 Å². The van der Waals surface area contributed by atoms with Crippen molar-refractivity contribution in [1.82, 2.24) is 20.5 Å².